The van der Waals surface area contributed by atoms with Crippen LogP contribution in [-0.2, 0) is 4.79 Å². The van der Waals surface area contributed by atoms with Crippen LogP contribution in [0, 0.1) is 0 Å². The lowest BCUT2D eigenvalue weighted by Gasteiger charge is -2.07. The van der Waals surface area contributed by atoms with Crippen LogP contribution in [-0.4, -0.2) is 11.4 Å². The number of amides is 1. The third kappa shape index (κ3) is 1.72. The van der Waals surface area contributed by atoms with Crippen LogP contribution < -0.4 is 5.32 Å². The average Bonchev–Trinajstić information content (AvgIpc) is 2.28. The van der Waals surface area contributed by atoms with Crippen molar-refractivity contribution in [2.45, 2.75) is 0 Å². The van der Waals surface area contributed by atoms with Gasteiger partial charge in [-0.15, -0.1) is 0 Å². The second-order valence-corrected chi connectivity index (χ2v) is 3.12. The highest BCUT2D eigenvalue weighted by Gasteiger charge is 2.03. The summed E-state index contributed by atoms with van der Waals surface area (Å²) in [5.41, 5.74) is 2.38. The monoisotopic (exact) mass is 198 g/mol. The molecule has 0 unspecified atom stereocenters. The number of fused-ring (bicyclic) bond motifs is 1. The molecule has 1 amide bonds. The van der Waals surface area contributed by atoms with E-state index in [4.69, 9.17) is 0 Å². The largest absolute Gasteiger partial charge is 0.329 e. The molecule has 3 heteroatoms. The normalized spacial score (nSPS) is 9.87. The van der Waals surface area contributed by atoms with E-state index in [2.05, 4.69) is 16.9 Å². The lowest BCUT2D eigenvalue weighted by molar-refractivity contribution is -0.108. The van der Waals surface area contributed by atoms with Crippen molar-refractivity contribution in [1.29, 1.82) is 0 Å². The SMILES string of the molecule is C=C(NC=O)c1cccc2ncccc12. The Labute approximate surface area is 87.4 Å². The number of nitrogens with one attached hydrogen (secondary N) is 1. The molecule has 0 bridgehead atoms. The highest BCUT2D eigenvalue weighted by molar-refractivity contribution is 5.92. The first-order chi connectivity index (χ1) is 7.33. The molecule has 1 N–H and O–H groups in total. The fourth-order valence-corrected chi connectivity index (χ4v) is 1.52. The Balaban J connectivity index is 2.60. The van der Waals surface area contributed by atoms with Gasteiger partial charge >= 0.3 is 0 Å². The van der Waals surface area contributed by atoms with Gasteiger partial charge in [0.05, 0.1) is 5.52 Å². The average molecular weight is 198 g/mol. The lowest BCUT2D eigenvalue weighted by atomic mass is 10.1. The number of pyridine rings is 1. The van der Waals surface area contributed by atoms with Crippen molar-refractivity contribution in [3.8, 4) is 0 Å². The van der Waals surface area contributed by atoms with Crippen LogP contribution in [0.4, 0.5) is 0 Å². The Bertz CT molecular complexity index is 515. The second-order valence-electron chi connectivity index (χ2n) is 3.12. The van der Waals surface area contributed by atoms with E-state index in [0.717, 1.165) is 16.5 Å². The summed E-state index contributed by atoms with van der Waals surface area (Å²) in [6.45, 7) is 3.79. The van der Waals surface area contributed by atoms with E-state index in [-0.39, 0.29) is 0 Å². The Hall–Kier alpha value is -2.16. The van der Waals surface area contributed by atoms with Gasteiger partial charge in [0.15, 0.2) is 0 Å². The number of hydrogen-bond acceptors (Lipinski definition) is 2. The predicted octanol–water partition coefficient (Wildman–Crippen LogP) is 1.95. The molecule has 74 valence electrons. The number of aromatic nitrogens is 1. The van der Waals surface area contributed by atoms with E-state index in [9.17, 15) is 4.79 Å². The highest BCUT2D eigenvalue weighted by Crippen LogP contribution is 2.20. The Kier molecular flexibility index (Phi) is 2.46. The maximum absolute atomic E-state index is 10.3. The molecule has 0 spiro atoms. The molecule has 0 radical (unpaired) electrons. The van der Waals surface area contributed by atoms with Crippen molar-refractivity contribution in [3.05, 3.63) is 48.7 Å². The summed E-state index contributed by atoms with van der Waals surface area (Å²) in [6.07, 6.45) is 2.36. The zero-order chi connectivity index (χ0) is 10.7. The van der Waals surface area contributed by atoms with Crippen molar-refractivity contribution in [2.75, 3.05) is 0 Å². The van der Waals surface area contributed by atoms with Crippen LogP contribution in [0.5, 0.6) is 0 Å². The van der Waals surface area contributed by atoms with E-state index in [1.807, 2.05) is 30.3 Å². The quantitative estimate of drug-likeness (QED) is 0.766. The molecule has 0 saturated carbocycles. The fourth-order valence-electron chi connectivity index (χ4n) is 1.52. The minimum absolute atomic E-state index is 0.587. The number of benzene rings is 1. The van der Waals surface area contributed by atoms with Crippen molar-refractivity contribution in [3.63, 3.8) is 0 Å². The maximum atomic E-state index is 10.3. The van der Waals surface area contributed by atoms with Crippen LogP contribution in [0.1, 0.15) is 5.56 Å². The number of nitrogens with zero attached hydrogens (tertiary/aromatic N) is 1. The molecule has 15 heavy (non-hydrogen) atoms. The first-order valence-electron chi connectivity index (χ1n) is 4.56. The van der Waals surface area contributed by atoms with Gasteiger partial charge in [0.2, 0.25) is 6.41 Å². The smallest absolute Gasteiger partial charge is 0.211 e. The molecule has 1 aromatic heterocycles. The molecule has 3 nitrogen and oxygen atoms in total. The van der Waals surface area contributed by atoms with Gasteiger partial charge in [-0.05, 0) is 12.1 Å². The number of carbonyl (C=O) groups is 1. The van der Waals surface area contributed by atoms with Crippen LogP contribution in [0.25, 0.3) is 16.6 Å². The molecule has 1 aromatic carbocycles. The Morgan fingerprint density at radius 2 is 2.20 bits per heavy atom. The third-order valence-corrected chi connectivity index (χ3v) is 2.20. The summed E-state index contributed by atoms with van der Waals surface area (Å²) in [6, 6.07) is 9.54. The lowest BCUT2D eigenvalue weighted by Crippen LogP contribution is -2.07. The minimum Gasteiger partial charge on any atom is -0.329 e. The number of rotatable bonds is 3. The molecular formula is C12H10N2O. The molecule has 0 aliphatic rings. The molecule has 0 aliphatic heterocycles. The molecule has 0 aliphatic carbocycles. The summed E-state index contributed by atoms with van der Waals surface area (Å²) in [7, 11) is 0. The number of carbonyl (C=O) groups excluding carboxylic acids is 1. The molecule has 2 aromatic rings. The summed E-state index contributed by atoms with van der Waals surface area (Å²) in [4.78, 5) is 14.6. The van der Waals surface area contributed by atoms with Gasteiger partial charge < -0.3 is 5.32 Å². The van der Waals surface area contributed by atoms with Gasteiger partial charge in [-0.25, -0.2) is 0 Å². The first kappa shape index (κ1) is 9.40. The van der Waals surface area contributed by atoms with Crippen molar-refractivity contribution in [2.24, 2.45) is 0 Å². The molecule has 1 heterocycles. The van der Waals surface area contributed by atoms with Gasteiger partial charge in [-0.3, -0.25) is 9.78 Å². The summed E-state index contributed by atoms with van der Waals surface area (Å²) in [5, 5.41) is 3.54. The van der Waals surface area contributed by atoms with E-state index in [1.165, 1.54) is 0 Å². The highest BCUT2D eigenvalue weighted by atomic mass is 16.1. The van der Waals surface area contributed by atoms with Crippen molar-refractivity contribution >= 4 is 23.0 Å². The molecule has 0 atom stereocenters. The summed E-state index contributed by atoms with van der Waals surface area (Å²) in [5.74, 6) is 0. The van der Waals surface area contributed by atoms with E-state index in [1.54, 1.807) is 6.20 Å². The topological polar surface area (TPSA) is 42.0 Å². The van der Waals surface area contributed by atoms with Gasteiger partial charge in [-0.2, -0.15) is 0 Å². The predicted molar refractivity (Wildman–Crippen MR) is 60.0 cm³/mol. The fraction of sp³-hybridized carbons (Fsp3) is 0. The number of hydrogen-bond donors (Lipinski definition) is 1. The van der Waals surface area contributed by atoms with Gasteiger partial charge in [-0.1, -0.05) is 24.8 Å². The first-order valence-corrected chi connectivity index (χ1v) is 4.56. The van der Waals surface area contributed by atoms with Crippen molar-refractivity contribution < 1.29 is 4.79 Å². The van der Waals surface area contributed by atoms with Crippen LogP contribution in [0.2, 0.25) is 0 Å². The van der Waals surface area contributed by atoms with Crippen LogP contribution in [0.3, 0.4) is 0 Å². The third-order valence-electron chi connectivity index (χ3n) is 2.20. The molecule has 0 fully saturated rings. The zero-order valence-corrected chi connectivity index (χ0v) is 8.10. The van der Waals surface area contributed by atoms with Gasteiger partial charge in [0, 0.05) is 22.8 Å². The Morgan fingerprint density at radius 1 is 1.33 bits per heavy atom. The minimum atomic E-state index is 0.587. The standard InChI is InChI=1S/C12H10N2O/c1-9(14-8-15)10-4-2-6-12-11(10)5-3-7-13-12/h2-8H,1H2,(H,14,15). The molecule has 2 rings (SSSR count). The van der Waals surface area contributed by atoms with E-state index in [0.29, 0.717) is 12.1 Å². The van der Waals surface area contributed by atoms with Crippen LogP contribution >= 0.6 is 0 Å². The van der Waals surface area contributed by atoms with Gasteiger partial charge in [0.1, 0.15) is 0 Å². The molecular weight excluding hydrogens is 188 g/mol. The second kappa shape index (κ2) is 3.92. The van der Waals surface area contributed by atoms with E-state index >= 15 is 0 Å². The van der Waals surface area contributed by atoms with Crippen LogP contribution in [0.15, 0.2) is 43.1 Å². The maximum Gasteiger partial charge on any atom is 0.211 e. The van der Waals surface area contributed by atoms with E-state index < -0.39 is 0 Å². The summed E-state index contributed by atoms with van der Waals surface area (Å²) < 4.78 is 0. The molecule has 0 saturated heterocycles. The van der Waals surface area contributed by atoms with Gasteiger partial charge in [0.25, 0.3) is 0 Å². The Morgan fingerprint density at radius 3 is 3.00 bits per heavy atom. The summed E-state index contributed by atoms with van der Waals surface area (Å²) >= 11 is 0. The van der Waals surface area contributed by atoms with Crippen molar-refractivity contribution in [1.82, 2.24) is 10.3 Å². The zero-order valence-electron chi connectivity index (χ0n) is 8.10.